The van der Waals surface area contributed by atoms with Crippen molar-refractivity contribution < 1.29 is 9.53 Å². The average molecular weight is 152 g/mol. The van der Waals surface area contributed by atoms with Gasteiger partial charge in [0.25, 0.3) is 0 Å². The third-order valence-corrected chi connectivity index (χ3v) is 1.15. The van der Waals surface area contributed by atoms with Crippen LogP contribution in [-0.2, 0) is 4.74 Å². The summed E-state index contributed by atoms with van der Waals surface area (Å²) in [6.07, 6.45) is 3.14. The Hall–Kier alpha value is -1.45. The van der Waals surface area contributed by atoms with Gasteiger partial charge in [0, 0.05) is 12.4 Å². The van der Waals surface area contributed by atoms with Gasteiger partial charge in [-0.05, 0) is 12.5 Å². The van der Waals surface area contributed by atoms with Crippen LogP contribution in [0.3, 0.4) is 0 Å². The number of hydrogen-bond acceptors (Lipinski definition) is 4. The summed E-state index contributed by atoms with van der Waals surface area (Å²) in [5.41, 5.74) is 0.914. The molecule has 0 fully saturated rings. The molecule has 1 rings (SSSR count). The zero-order chi connectivity index (χ0) is 8.27. The van der Waals surface area contributed by atoms with Crippen LogP contribution in [0.25, 0.3) is 0 Å². The summed E-state index contributed by atoms with van der Waals surface area (Å²) in [5, 5.41) is 0. The Morgan fingerprint density at radius 3 is 2.45 bits per heavy atom. The fourth-order valence-electron chi connectivity index (χ4n) is 0.589. The molecule has 0 radical (unpaired) electrons. The topological polar surface area (TPSA) is 52.1 Å². The first-order valence-corrected chi connectivity index (χ1v) is 3.11. The first-order chi connectivity index (χ1) is 5.24. The SMILES string of the molecule is COC(=O)c1ncc(C)cn1. The third-order valence-electron chi connectivity index (χ3n) is 1.15. The summed E-state index contributed by atoms with van der Waals surface area (Å²) in [4.78, 5) is 18.3. The first kappa shape index (κ1) is 7.65. The number of carbonyl (C=O) groups excluding carboxylic acids is 1. The number of esters is 1. The van der Waals surface area contributed by atoms with Crippen molar-refractivity contribution in [3.63, 3.8) is 0 Å². The van der Waals surface area contributed by atoms with Gasteiger partial charge >= 0.3 is 5.97 Å². The Morgan fingerprint density at radius 1 is 1.45 bits per heavy atom. The van der Waals surface area contributed by atoms with E-state index in [2.05, 4.69) is 14.7 Å². The maximum Gasteiger partial charge on any atom is 0.376 e. The lowest BCUT2D eigenvalue weighted by Gasteiger charge is -1.95. The van der Waals surface area contributed by atoms with Gasteiger partial charge in [-0.2, -0.15) is 0 Å². The van der Waals surface area contributed by atoms with Crippen LogP contribution in [0, 0.1) is 6.92 Å². The van der Waals surface area contributed by atoms with Crippen molar-refractivity contribution in [2.75, 3.05) is 7.11 Å². The van der Waals surface area contributed by atoms with Crippen molar-refractivity contribution in [1.82, 2.24) is 9.97 Å². The highest BCUT2D eigenvalue weighted by Gasteiger charge is 2.06. The van der Waals surface area contributed by atoms with E-state index in [-0.39, 0.29) is 5.82 Å². The molecule has 0 saturated heterocycles. The monoisotopic (exact) mass is 152 g/mol. The summed E-state index contributed by atoms with van der Waals surface area (Å²) in [5.74, 6) is -0.414. The molecule has 0 bridgehead atoms. The fourth-order valence-corrected chi connectivity index (χ4v) is 0.589. The van der Waals surface area contributed by atoms with E-state index in [0.29, 0.717) is 0 Å². The van der Waals surface area contributed by atoms with Gasteiger partial charge in [0.1, 0.15) is 0 Å². The highest BCUT2D eigenvalue weighted by Crippen LogP contribution is 1.94. The summed E-state index contributed by atoms with van der Waals surface area (Å²) in [6.45, 7) is 1.85. The highest BCUT2D eigenvalue weighted by atomic mass is 16.5. The van der Waals surface area contributed by atoms with Crippen LogP contribution in [-0.4, -0.2) is 23.0 Å². The van der Waals surface area contributed by atoms with E-state index in [1.54, 1.807) is 12.4 Å². The zero-order valence-corrected chi connectivity index (χ0v) is 6.37. The average Bonchev–Trinajstić information content (AvgIpc) is 2.05. The van der Waals surface area contributed by atoms with E-state index in [0.717, 1.165) is 5.56 Å². The second-order valence-electron chi connectivity index (χ2n) is 2.08. The number of rotatable bonds is 1. The molecule has 1 heterocycles. The Balaban J connectivity index is 2.90. The molecule has 0 aromatic carbocycles. The first-order valence-electron chi connectivity index (χ1n) is 3.11. The third kappa shape index (κ3) is 1.73. The molecule has 58 valence electrons. The van der Waals surface area contributed by atoms with Crippen molar-refractivity contribution in [3.8, 4) is 0 Å². The molecule has 0 aliphatic rings. The molecule has 4 nitrogen and oxygen atoms in total. The number of aryl methyl sites for hydroxylation is 1. The summed E-state index contributed by atoms with van der Waals surface area (Å²) in [7, 11) is 1.30. The van der Waals surface area contributed by atoms with Crippen molar-refractivity contribution in [1.29, 1.82) is 0 Å². The van der Waals surface area contributed by atoms with Gasteiger partial charge in [-0.15, -0.1) is 0 Å². The van der Waals surface area contributed by atoms with E-state index < -0.39 is 5.97 Å². The van der Waals surface area contributed by atoms with Crippen LogP contribution in [0.15, 0.2) is 12.4 Å². The number of ether oxygens (including phenoxy) is 1. The molecule has 0 spiro atoms. The maximum atomic E-state index is 10.8. The molecule has 1 aromatic heterocycles. The predicted octanol–water partition coefficient (Wildman–Crippen LogP) is 0.572. The van der Waals surface area contributed by atoms with Gasteiger partial charge in [0.15, 0.2) is 0 Å². The molecule has 1 aromatic rings. The molecular weight excluding hydrogens is 144 g/mol. The molecule has 0 atom stereocenters. The van der Waals surface area contributed by atoms with Crippen molar-refractivity contribution in [2.45, 2.75) is 6.92 Å². The van der Waals surface area contributed by atoms with Gasteiger partial charge in [-0.1, -0.05) is 0 Å². The Labute approximate surface area is 64.2 Å². The Morgan fingerprint density at radius 2 is 2.00 bits per heavy atom. The quantitative estimate of drug-likeness (QED) is 0.552. The predicted molar refractivity (Wildman–Crippen MR) is 38.1 cm³/mol. The second kappa shape index (κ2) is 3.09. The standard InChI is InChI=1S/C7H8N2O2/c1-5-3-8-6(9-4-5)7(10)11-2/h3-4H,1-2H3. The molecule has 0 aliphatic carbocycles. The Kier molecular flexibility index (Phi) is 2.15. The molecule has 0 N–H and O–H groups in total. The van der Waals surface area contributed by atoms with Gasteiger partial charge in [-0.3, -0.25) is 0 Å². The number of methoxy groups -OCH3 is 1. The van der Waals surface area contributed by atoms with Gasteiger partial charge < -0.3 is 4.74 Å². The van der Waals surface area contributed by atoms with E-state index in [9.17, 15) is 4.79 Å². The molecule has 11 heavy (non-hydrogen) atoms. The molecule has 0 aliphatic heterocycles. The normalized spacial score (nSPS) is 9.27. The van der Waals surface area contributed by atoms with E-state index in [1.807, 2.05) is 6.92 Å². The minimum atomic E-state index is -0.509. The number of hydrogen-bond donors (Lipinski definition) is 0. The molecule has 0 amide bonds. The molecular formula is C7H8N2O2. The van der Waals surface area contributed by atoms with Crippen LogP contribution in [0.5, 0.6) is 0 Å². The molecule has 0 saturated carbocycles. The summed E-state index contributed by atoms with van der Waals surface area (Å²) in [6, 6.07) is 0. The van der Waals surface area contributed by atoms with E-state index >= 15 is 0 Å². The second-order valence-corrected chi connectivity index (χ2v) is 2.08. The number of carbonyl (C=O) groups is 1. The van der Waals surface area contributed by atoms with Crippen LogP contribution < -0.4 is 0 Å². The zero-order valence-electron chi connectivity index (χ0n) is 6.37. The lowest BCUT2D eigenvalue weighted by atomic mass is 10.4. The van der Waals surface area contributed by atoms with Crippen molar-refractivity contribution in [2.24, 2.45) is 0 Å². The van der Waals surface area contributed by atoms with E-state index in [1.165, 1.54) is 7.11 Å². The smallest absolute Gasteiger partial charge is 0.376 e. The van der Waals surface area contributed by atoms with E-state index in [4.69, 9.17) is 0 Å². The summed E-state index contributed by atoms with van der Waals surface area (Å²) >= 11 is 0. The molecule has 4 heteroatoms. The lowest BCUT2D eigenvalue weighted by Crippen LogP contribution is -2.06. The van der Waals surface area contributed by atoms with Crippen LogP contribution in [0.2, 0.25) is 0 Å². The van der Waals surface area contributed by atoms with Gasteiger partial charge in [0.05, 0.1) is 7.11 Å². The van der Waals surface area contributed by atoms with Crippen LogP contribution in [0.1, 0.15) is 16.2 Å². The Bertz CT molecular complexity index is 256. The van der Waals surface area contributed by atoms with Crippen LogP contribution >= 0.6 is 0 Å². The minimum Gasteiger partial charge on any atom is -0.463 e. The van der Waals surface area contributed by atoms with Crippen LogP contribution in [0.4, 0.5) is 0 Å². The largest absolute Gasteiger partial charge is 0.463 e. The minimum absolute atomic E-state index is 0.0955. The number of nitrogens with zero attached hydrogens (tertiary/aromatic N) is 2. The van der Waals surface area contributed by atoms with Crippen molar-refractivity contribution in [3.05, 3.63) is 23.8 Å². The lowest BCUT2D eigenvalue weighted by molar-refractivity contribution is 0.0586. The number of aromatic nitrogens is 2. The maximum absolute atomic E-state index is 10.8. The molecule has 0 unspecified atom stereocenters. The highest BCUT2D eigenvalue weighted by molar-refractivity contribution is 5.84. The summed E-state index contributed by atoms with van der Waals surface area (Å²) < 4.78 is 4.41. The van der Waals surface area contributed by atoms with Crippen molar-refractivity contribution >= 4 is 5.97 Å². The fraction of sp³-hybridized carbons (Fsp3) is 0.286. The van der Waals surface area contributed by atoms with Gasteiger partial charge in [-0.25, -0.2) is 14.8 Å². The van der Waals surface area contributed by atoms with Gasteiger partial charge in [0.2, 0.25) is 5.82 Å².